The molecule has 1 aliphatic carbocycles. The Hall–Kier alpha value is -0.260. The summed E-state index contributed by atoms with van der Waals surface area (Å²) in [6.07, 6.45) is 2.45. The van der Waals surface area contributed by atoms with Crippen LogP contribution in [0.2, 0.25) is 0 Å². The highest BCUT2D eigenvalue weighted by molar-refractivity contribution is 5.17. The van der Waals surface area contributed by atoms with Crippen molar-refractivity contribution in [1.29, 1.82) is 0 Å². The molecule has 0 saturated heterocycles. The van der Waals surface area contributed by atoms with Gasteiger partial charge in [0.2, 0.25) is 0 Å². The molecule has 0 nitrogen and oxygen atoms in total. The number of rotatable bonds is 0. The van der Waals surface area contributed by atoms with Gasteiger partial charge in [0, 0.05) is 0 Å². The Balaban J connectivity index is 3.01. The minimum absolute atomic E-state index is 0.409. The fourth-order valence-corrected chi connectivity index (χ4v) is 2.23. The van der Waals surface area contributed by atoms with Crippen LogP contribution in [0.1, 0.15) is 41.5 Å². The van der Waals surface area contributed by atoms with E-state index >= 15 is 0 Å². The molecule has 0 heteroatoms. The van der Waals surface area contributed by atoms with E-state index in [2.05, 4.69) is 47.6 Å². The maximum absolute atomic E-state index is 2.45. The predicted molar refractivity (Wildman–Crippen MR) is 55.0 cm³/mol. The highest BCUT2D eigenvalue weighted by atomic mass is 14.4. The second kappa shape index (κ2) is 2.90. The van der Waals surface area contributed by atoms with E-state index in [1.54, 1.807) is 5.57 Å². The summed E-state index contributed by atoms with van der Waals surface area (Å²) in [5, 5.41) is 0. The molecule has 0 fully saturated rings. The van der Waals surface area contributed by atoms with E-state index in [0.717, 1.165) is 17.8 Å². The molecule has 1 aliphatic rings. The lowest BCUT2D eigenvalue weighted by molar-refractivity contribution is 0.156. The van der Waals surface area contributed by atoms with Gasteiger partial charge in [-0.2, -0.15) is 0 Å². The van der Waals surface area contributed by atoms with E-state index in [9.17, 15) is 0 Å². The van der Waals surface area contributed by atoms with Gasteiger partial charge in [-0.15, -0.1) is 0 Å². The lowest BCUT2D eigenvalue weighted by Gasteiger charge is -2.43. The van der Waals surface area contributed by atoms with Crippen LogP contribution in [0.25, 0.3) is 0 Å². The van der Waals surface area contributed by atoms with Crippen molar-refractivity contribution in [2.45, 2.75) is 41.5 Å². The fraction of sp³-hybridized carbons (Fsp3) is 0.833. The van der Waals surface area contributed by atoms with E-state index in [4.69, 9.17) is 0 Å². The van der Waals surface area contributed by atoms with Crippen LogP contribution in [0.4, 0.5) is 0 Å². The van der Waals surface area contributed by atoms with E-state index < -0.39 is 0 Å². The molecule has 0 N–H and O–H groups in total. The quantitative estimate of drug-likeness (QED) is 0.479. The largest absolute Gasteiger partial charge is 0.0819 e. The zero-order valence-corrected chi connectivity index (χ0v) is 9.31. The molecule has 70 valence electrons. The normalized spacial score (nSPS) is 40.8. The van der Waals surface area contributed by atoms with Crippen LogP contribution in [-0.4, -0.2) is 0 Å². The molecular formula is C12H22. The van der Waals surface area contributed by atoms with Gasteiger partial charge in [0.15, 0.2) is 0 Å². The molecule has 0 aliphatic heterocycles. The van der Waals surface area contributed by atoms with Gasteiger partial charge in [-0.3, -0.25) is 0 Å². The summed E-state index contributed by atoms with van der Waals surface area (Å²) < 4.78 is 0. The van der Waals surface area contributed by atoms with Crippen LogP contribution >= 0.6 is 0 Å². The Labute approximate surface area is 77.1 Å². The van der Waals surface area contributed by atoms with Crippen molar-refractivity contribution in [3.63, 3.8) is 0 Å². The lowest BCUT2D eigenvalue weighted by Crippen LogP contribution is -2.35. The SMILES string of the molecule is CC1=CC(C)C(C)C(C)C1(C)C. The minimum Gasteiger partial charge on any atom is -0.0819 e. The van der Waals surface area contributed by atoms with Gasteiger partial charge in [0.1, 0.15) is 0 Å². The first-order valence-corrected chi connectivity index (χ1v) is 5.06. The summed E-state index contributed by atoms with van der Waals surface area (Å²) in [6.45, 7) is 14.1. The Morgan fingerprint density at radius 1 is 1.17 bits per heavy atom. The molecule has 0 spiro atoms. The molecule has 12 heavy (non-hydrogen) atoms. The van der Waals surface area contributed by atoms with Crippen LogP contribution in [0.3, 0.4) is 0 Å². The van der Waals surface area contributed by atoms with Crippen molar-refractivity contribution in [3.8, 4) is 0 Å². The van der Waals surface area contributed by atoms with Crippen LogP contribution in [0.15, 0.2) is 11.6 Å². The number of allylic oxidation sites excluding steroid dienone is 2. The van der Waals surface area contributed by atoms with Gasteiger partial charge in [0.25, 0.3) is 0 Å². The number of hydrogen-bond donors (Lipinski definition) is 0. The highest BCUT2D eigenvalue weighted by Gasteiger charge is 2.36. The summed E-state index contributed by atoms with van der Waals surface area (Å²) in [7, 11) is 0. The molecule has 0 aromatic carbocycles. The van der Waals surface area contributed by atoms with E-state index in [0.29, 0.717) is 5.41 Å². The van der Waals surface area contributed by atoms with Crippen molar-refractivity contribution in [1.82, 2.24) is 0 Å². The molecule has 1 rings (SSSR count). The van der Waals surface area contributed by atoms with Crippen molar-refractivity contribution < 1.29 is 0 Å². The van der Waals surface area contributed by atoms with E-state index in [-0.39, 0.29) is 0 Å². The summed E-state index contributed by atoms with van der Waals surface area (Å²) in [5.74, 6) is 2.38. The molecule has 0 amide bonds. The molecule has 0 bridgehead atoms. The van der Waals surface area contributed by atoms with Gasteiger partial charge < -0.3 is 0 Å². The predicted octanol–water partition coefficient (Wildman–Crippen LogP) is 3.88. The molecular weight excluding hydrogens is 144 g/mol. The average molecular weight is 166 g/mol. The van der Waals surface area contributed by atoms with Crippen molar-refractivity contribution in [3.05, 3.63) is 11.6 Å². The fourth-order valence-electron chi connectivity index (χ4n) is 2.23. The highest BCUT2D eigenvalue weighted by Crippen LogP contribution is 2.45. The monoisotopic (exact) mass is 166 g/mol. The number of hydrogen-bond acceptors (Lipinski definition) is 0. The minimum atomic E-state index is 0.409. The lowest BCUT2D eigenvalue weighted by atomic mass is 9.62. The maximum atomic E-state index is 2.45. The summed E-state index contributed by atoms with van der Waals surface area (Å²) in [4.78, 5) is 0. The first-order chi connectivity index (χ1) is 5.37. The van der Waals surface area contributed by atoms with Crippen LogP contribution in [-0.2, 0) is 0 Å². The van der Waals surface area contributed by atoms with Crippen molar-refractivity contribution in [2.24, 2.45) is 23.2 Å². The molecule has 3 unspecified atom stereocenters. The van der Waals surface area contributed by atoms with Gasteiger partial charge >= 0.3 is 0 Å². The maximum Gasteiger partial charge on any atom is -0.0119 e. The second-order valence-electron chi connectivity index (χ2n) is 5.08. The average Bonchev–Trinajstić information content (AvgIpc) is 1.99. The Bertz CT molecular complexity index is 198. The molecule has 0 saturated carbocycles. The third-order valence-electron chi connectivity index (χ3n) is 4.29. The Morgan fingerprint density at radius 2 is 1.67 bits per heavy atom. The zero-order valence-electron chi connectivity index (χ0n) is 9.31. The van der Waals surface area contributed by atoms with Gasteiger partial charge in [-0.25, -0.2) is 0 Å². The standard InChI is InChI=1S/C12H22/c1-8-7-9(2)12(5,6)11(4)10(8)3/h7-8,10-11H,1-6H3. The third kappa shape index (κ3) is 1.32. The second-order valence-corrected chi connectivity index (χ2v) is 5.08. The van der Waals surface area contributed by atoms with E-state index in [1.165, 1.54) is 0 Å². The third-order valence-corrected chi connectivity index (χ3v) is 4.29. The summed E-state index contributed by atoms with van der Waals surface area (Å²) in [6, 6.07) is 0. The van der Waals surface area contributed by atoms with E-state index in [1.807, 2.05) is 0 Å². The first-order valence-electron chi connectivity index (χ1n) is 5.06. The van der Waals surface area contributed by atoms with Crippen molar-refractivity contribution in [2.75, 3.05) is 0 Å². The van der Waals surface area contributed by atoms with Gasteiger partial charge in [-0.05, 0) is 30.1 Å². The Morgan fingerprint density at radius 3 is 2.17 bits per heavy atom. The van der Waals surface area contributed by atoms with Gasteiger partial charge in [-0.1, -0.05) is 46.3 Å². The van der Waals surface area contributed by atoms with Crippen LogP contribution < -0.4 is 0 Å². The molecule has 0 aromatic heterocycles. The summed E-state index contributed by atoms with van der Waals surface area (Å²) in [5.41, 5.74) is 1.98. The molecule has 0 aromatic rings. The molecule has 0 radical (unpaired) electrons. The smallest absolute Gasteiger partial charge is 0.0119 e. The Kier molecular flexibility index (Phi) is 2.38. The molecule has 0 heterocycles. The summed E-state index contributed by atoms with van der Waals surface area (Å²) >= 11 is 0. The zero-order chi connectivity index (χ0) is 9.52. The van der Waals surface area contributed by atoms with Crippen LogP contribution in [0, 0.1) is 23.2 Å². The van der Waals surface area contributed by atoms with Crippen LogP contribution in [0.5, 0.6) is 0 Å². The topological polar surface area (TPSA) is 0 Å². The van der Waals surface area contributed by atoms with Gasteiger partial charge in [0.05, 0.1) is 0 Å². The first kappa shape index (κ1) is 9.83. The molecule has 3 atom stereocenters. The van der Waals surface area contributed by atoms with Crippen molar-refractivity contribution >= 4 is 0 Å².